The molecule has 0 aromatic heterocycles. The van der Waals surface area contributed by atoms with E-state index in [2.05, 4.69) is 60.6 Å². The van der Waals surface area contributed by atoms with Crippen molar-refractivity contribution in [2.45, 2.75) is 91.1 Å². The van der Waals surface area contributed by atoms with Crippen molar-refractivity contribution in [1.29, 1.82) is 0 Å². The number of likely N-dealkylation sites (N-methyl/N-ethyl adjacent to an activating group) is 1. The van der Waals surface area contributed by atoms with Crippen LogP contribution in [0.15, 0.2) is 18.2 Å². The van der Waals surface area contributed by atoms with E-state index in [-0.39, 0.29) is 31.0 Å². The number of rotatable bonds is 9. The second-order valence-electron chi connectivity index (χ2n) is 13.6. The van der Waals surface area contributed by atoms with Gasteiger partial charge in [0.25, 0.3) is 0 Å². The molecule has 2 aliphatic heterocycles. The van der Waals surface area contributed by atoms with Crippen molar-refractivity contribution in [2.24, 2.45) is 11.3 Å². The Morgan fingerprint density at radius 3 is 2.15 bits per heavy atom. The summed E-state index contributed by atoms with van der Waals surface area (Å²) in [6.45, 7) is 17.6. The summed E-state index contributed by atoms with van der Waals surface area (Å²) >= 11 is 0. The number of piperidine rings is 1. The normalized spacial score (nSPS) is 23.1. The van der Waals surface area contributed by atoms with E-state index in [1.807, 2.05) is 0 Å². The number of nitrogens with zero attached hydrogens (tertiary/aromatic N) is 4. The molecule has 0 atom stereocenters. The predicted octanol–water partition coefficient (Wildman–Crippen LogP) is 6.42. The molecule has 0 N–H and O–H groups in total. The van der Waals surface area contributed by atoms with Crippen LogP contribution in [-0.2, 0) is 9.53 Å². The van der Waals surface area contributed by atoms with E-state index < -0.39 is 0 Å². The molecule has 0 bridgehead atoms. The van der Waals surface area contributed by atoms with E-state index in [4.69, 9.17) is 4.74 Å². The van der Waals surface area contributed by atoms with Crippen molar-refractivity contribution in [3.8, 4) is 0 Å². The predicted molar refractivity (Wildman–Crippen MR) is 171 cm³/mol. The van der Waals surface area contributed by atoms with Gasteiger partial charge in [-0.2, -0.15) is 0 Å². The van der Waals surface area contributed by atoms with Gasteiger partial charge in [-0.3, -0.25) is 9.69 Å². The summed E-state index contributed by atoms with van der Waals surface area (Å²) < 4.78 is 5.95. The van der Waals surface area contributed by atoms with Crippen LogP contribution in [-0.4, -0.2) is 88.3 Å². The maximum atomic E-state index is 11.9. The van der Waals surface area contributed by atoms with Crippen molar-refractivity contribution in [3.05, 3.63) is 23.8 Å². The average molecular weight is 577 g/mol. The second kappa shape index (κ2) is 15.1. The van der Waals surface area contributed by atoms with Gasteiger partial charge in [0.1, 0.15) is 6.61 Å². The number of carbonyl (C=O) groups is 1. The van der Waals surface area contributed by atoms with Crippen LogP contribution in [0.4, 0.5) is 11.4 Å². The number of unbranched alkanes of at least 4 members (excludes halogenated alkanes) is 1. The largest absolute Gasteiger partial charge is 0.371 e. The Bertz CT molecular complexity index is 910. The highest BCUT2D eigenvalue weighted by Gasteiger charge is 2.32. The van der Waals surface area contributed by atoms with Crippen molar-refractivity contribution < 1.29 is 9.53 Å². The lowest BCUT2D eigenvalue weighted by atomic mass is 9.68. The van der Waals surface area contributed by atoms with Gasteiger partial charge >= 0.3 is 0 Å². The molecule has 6 nitrogen and oxygen atoms in total. The molecule has 1 aromatic carbocycles. The summed E-state index contributed by atoms with van der Waals surface area (Å²) in [7, 11) is 3.58. The molecule has 1 aliphatic carbocycles. The fourth-order valence-corrected chi connectivity index (χ4v) is 6.82. The minimum absolute atomic E-state index is 0. The molecule has 1 amide bonds. The summed E-state index contributed by atoms with van der Waals surface area (Å²) in [6, 6.07) is 7.37. The number of piperazine rings is 1. The molecule has 40 heavy (non-hydrogen) atoms. The number of hydrogen-bond donors (Lipinski definition) is 0. The van der Waals surface area contributed by atoms with Crippen molar-refractivity contribution in [1.82, 2.24) is 9.80 Å². The van der Waals surface area contributed by atoms with Gasteiger partial charge in [-0.1, -0.05) is 34.1 Å². The molecular formula is C33H57ClN4O2. The summed E-state index contributed by atoms with van der Waals surface area (Å²) in [5, 5.41) is 0. The highest BCUT2D eigenvalue weighted by atomic mass is 35.5. The van der Waals surface area contributed by atoms with E-state index >= 15 is 0 Å². The lowest BCUT2D eigenvalue weighted by molar-refractivity contribution is -0.136. The van der Waals surface area contributed by atoms with Gasteiger partial charge in [0, 0.05) is 64.7 Å². The van der Waals surface area contributed by atoms with Crippen LogP contribution in [0.2, 0.25) is 0 Å². The number of carbonyl (C=O) groups excluding carboxylic acids is 1. The first-order chi connectivity index (χ1) is 18.7. The smallest absolute Gasteiger partial charge is 0.248 e. The van der Waals surface area contributed by atoms with E-state index in [1.54, 1.807) is 24.6 Å². The van der Waals surface area contributed by atoms with Gasteiger partial charge in [-0.15, -0.1) is 12.4 Å². The molecule has 228 valence electrons. The van der Waals surface area contributed by atoms with E-state index in [1.165, 1.54) is 69.5 Å². The standard InChI is InChI=1S/C33H56N4O2.ClH/c1-7-8-17-35-20-22-37(23-21-35)31-14-13-28(24-30(31)26-9-11-27(12-10-26)33(2,3)4)36-18-15-29(16-19-36)39-25-32(38)34(5)6;/h13-14,24,26-27,29H,7-12,15-23,25H2,1-6H3;1H. The van der Waals surface area contributed by atoms with Gasteiger partial charge < -0.3 is 19.4 Å². The number of halogens is 1. The van der Waals surface area contributed by atoms with Crippen LogP contribution in [0.5, 0.6) is 0 Å². The van der Waals surface area contributed by atoms with E-state index in [9.17, 15) is 4.79 Å². The van der Waals surface area contributed by atoms with Gasteiger partial charge in [0.05, 0.1) is 6.10 Å². The molecule has 3 aliphatic rings. The Balaban J connectivity index is 0.00000441. The first kappa shape index (κ1) is 33.0. The third kappa shape index (κ3) is 8.75. The Hall–Kier alpha value is -1.50. The Morgan fingerprint density at radius 2 is 1.57 bits per heavy atom. The fraction of sp³-hybridized carbons (Fsp3) is 0.788. The summed E-state index contributed by atoms with van der Waals surface area (Å²) in [6.07, 6.45) is 10.0. The first-order valence-corrected chi connectivity index (χ1v) is 15.8. The van der Waals surface area contributed by atoms with Crippen molar-refractivity contribution in [3.63, 3.8) is 0 Å². The highest BCUT2D eigenvalue weighted by Crippen LogP contribution is 2.46. The summed E-state index contributed by atoms with van der Waals surface area (Å²) in [5.41, 5.74) is 4.87. The number of hydrogen-bond acceptors (Lipinski definition) is 5. The van der Waals surface area contributed by atoms with Crippen molar-refractivity contribution >= 4 is 29.7 Å². The third-order valence-corrected chi connectivity index (χ3v) is 9.69. The average Bonchev–Trinajstić information content (AvgIpc) is 2.94. The van der Waals surface area contributed by atoms with Crippen LogP contribution in [0.3, 0.4) is 0 Å². The lowest BCUT2D eigenvalue weighted by Gasteiger charge is -2.41. The molecule has 2 saturated heterocycles. The van der Waals surface area contributed by atoms with Crippen LogP contribution in [0.1, 0.15) is 90.5 Å². The topological polar surface area (TPSA) is 39.3 Å². The Labute approximate surface area is 251 Å². The number of amides is 1. The van der Waals surface area contributed by atoms with E-state index in [0.717, 1.165) is 44.9 Å². The van der Waals surface area contributed by atoms with Gasteiger partial charge in [-0.05, 0) is 92.5 Å². The molecule has 1 saturated carbocycles. The van der Waals surface area contributed by atoms with Crippen LogP contribution in [0, 0.1) is 11.3 Å². The van der Waals surface area contributed by atoms with Crippen LogP contribution in [0.25, 0.3) is 0 Å². The maximum absolute atomic E-state index is 11.9. The van der Waals surface area contributed by atoms with Crippen molar-refractivity contribution in [2.75, 3.05) is 76.3 Å². The fourth-order valence-electron chi connectivity index (χ4n) is 6.82. The zero-order valence-corrected chi connectivity index (χ0v) is 27.1. The Kier molecular flexibility index (Phi) is 12.5. The van der Waals surface area contributed by atoms with Crippen LogP contribution >= 0.6 is 12.4 Å². The molecular weight excluding hydrogens is 520 g/mol. The molecule has 7 heteroatoms. The monoisotopic (exact) mass is 576 g/mol. The first-order valence-electron chi connectivity index (χ1n) is 15.8. The van der Waals surface area contributed by atoms with E-state index in [0.29, 0.717) is 11.3 Å². The molecule has 0 radical (unpaired) electrons. The summed E-state index contributed by atoms with van der Waals surface area (Å²) in [4.78, 5) is 21.4. The maximum Gasteiger partial charge on any atom is 0.248 e. The highest BCUT2D eigenvalue weighted by molar-refractivity contribution is 5.85. The minimum atomic E-state index is 0. The molecule has 1 aromatic rings. The van der Waals surface area contributed by atoms with Gasteiger partial charge in [0.15, 0.2) is 0 Å². The molecule has 2 heterocycles. The number of ether oxygens (including phenoxy) is 1. The lowest BCUT2D eigenvalue weighted by Crippen LogP contribution is -2.47. The van der Waals surface area contributed by atoms with Gasteiger partial charge in [0.2, 0.25) is 5.91 Å². The second-order valence-corrected chi connectivity index (χ2v) is 13.6. The SMILES string of the molecule is CCCCN1CCN(c2ccc(N3CCC(OCC(=O)N(C)C)CC3)cc2C2CCC(C(C)(C)C)CC2)CC1.Cl. The van der Waals surface area contributed by atoms with Gasteiger partial charge in [-0.25, -0.2) is 0 Å². The zero-order chi connectivity index (χ0) is 28.0. The minimum Gasteiger partial charge on any atom is -0.371 e. The molecule has 0 spiro atoms. The van der Waals surface area contributed by atoms with Crippen LogP contribution < -0.4 is 9.80 Å². The summed E-state index contributed by atoms with van der Waals surface area (Å²) in [5.74, 6) is 1.54. The molecule has 4 rings (SSSR count). The Morgan fingerprint density at radius 1 is 0.925 bits per heavy atom. The molecule has 3 fully saturated rings. The third-order valence-electron chi connectivity index (χ3n) is 9.69. The molecule has 0 unspecified atom stereocenters. The zero-order valence-electron chi connectivity index (χ0n) is 26.3. The number of anilines is 2. The quantitative estimate of drug-likeness (QED) is 0.339. The number of benzene rings is 1.